The fourth-order valence-electron chi connectivity index (χ4n) is 2.61. The van der Waals surface area contributed by atoms with E-state index in [1.54, 1.807) is 6.92 Å². The van der Waals surface area contributed by atoms with Gasteiger partial charge in [-0.25, -0.2) is 9.18 Å². The topological polar surface area (TPSA) is 44.8 Å². The second-order valence-electron chi connectivity index (χ2n) is 5.96. The van der Waals surface area contributed by atoms with E-state index in [1.165, 1.54) is 18.2 Å². The molecule has 0 aromatic heterocycles. The van der Waals surface area contributed by atoms with E-state index in [9.17, 15) is 22.4 Å². The largest absolute Gasteiger partial charge is 0.475 e. The molecule has 0 bridgehead atoms. The first-order valence-corrected chi connectivity index (χ1v) is 8.28. The Balaban J connectivity index is 2.04. The summed E-state index contributed by atoms with van der Waals surface area (Å²) in [5.74, 6) is -1.78. The zero-order valence-electron chi connectivity index (χ0n) is 14.6. The van der Waals surface area contributed by atoms with Crippen LogP contribution < -0.4 is 9.47 Å². The molecule has 0 amide bonds. The Kier molecular flexibility index (Phi) is 5.25. The number of benzene rings is 2. The molecular weight excluding hydrogens is 404 g/mol. The van der Waals surface area contributed by atoms with Crippen LogP contribution in [0.3, 0.4) is 0 Å². The summed E-state index contributed by atoms with van der Waals surface area (Å²) in [6.07, 6.45) is -6.35. The van der Waals surface area contributed by atoms with Crippen molar-refractivity contribution < 1.29 is 36.6 Å². The molecule has 3 rings (SSSR count). The maximum Gasteiger partial charge on any atom is 0.430 e. The van der Waals surface area contributed by atoms with E-state index in [0.717, 1.165) is 25.3 Å². The number of carbonyl (C=O) groups is 1. The first-order chi connectivity index (χ1) is 13.1. The van der Waals surface area contributed by atoms with Crippen molar-refractivity contribution in [1.82, 2.24) is 0 Å². The third-order valence-corrected chi connectivity index (χ3v) is 4.29. The Morgan fingerprint density at radius 3 is 2.54 bits per heavy atom. The van der Waals surface area contributed by atoms with Crippen LogP contribution in [0.25, 0.3) is 6.08 Å². The zero-order valence-corrected chi connectivity index (χ0v) is 15.3. The summed E-state index contributed by atoms with van der Waals surface area (Å²) in [4.78, 5) is 11.7. The molecule has 2 aromatic rings. The van der Waals surface area contributed by atoms with Crippen molar-refractivity contribution in [2.75, 3.05) is 7.11 Å². The molecular formula is C19H13ClF4O4. The van der Waals surface area contributed by atoms with Gasteiger partial charge in [-0.2, -0.15) is 13.2 Å². The minimum atomic E-state index is -4.85. The number of alkyl halides is 3. The van der Waals surface area contributed by atoms with Gasteiger partial charge in [0.25, 0.3) is 0 Å². The van der Waals surface area contributed by atoms with Gasteiger partial charge in [-0.05, 0) is 30.7 Å². The van der Waals surface area contributed by atoms with Crippen LogP contribution in [0.1, 0.15) is 11.1 Å². The molecule has 9 heteroatoms. The second kappa shape index (κ2) is 7.35. The predicted octanol–water partition coefficient (Wildman–Crippen LogP) is 5.46. The molecule has 28 heavy (non-hydrogen) atoms. The maximum atomic E-state index is 13.4. The molecule has 0 fully saturated rings. The summed E-state index contributed by atoms with van der Waals surface area (Å²) in [5, 5.41) is 0.0388. The van der Waals surface area contributed by atoms with Crippen LogP contribution in [0.2, 0.25) is 5.02 Å². The minimum Gasteiger partial charge on any atom is -0.475 e. The Morgan fingerprint density at radius 2 is 1.89 bits per heavy atom. The van der Waals surface area contributed by atoms with Crippen LogP contribution in [0, 0.1) is 12.7 Å². The lowest BCUT2D eigenvalue weighted by molar-refractivity contribution is -0.187. The van der Waals surface area contributed by atoms with Gasteiger partial charge in [0.2, 0.25) is 6.10 Å². The van der Waals surface area contributed by atoms with E-state index in [2.05, 4.69) is 4.74 Å². The lowest BCUT2D eigenvalue weighted by Gasteiger charge is -2.28. The van der Waals surface area contributed by atoms with E-state index < -0.39 is 29.6 Å². The fraction of sp³-hybridized carbons (Fsp3) is 0.211. The quantitative estimate of drug-likeness (QED) is 0.492. The van der Waals surface area contributed by atoms with Crippen molar-refractivity contribution in [3.8, 4) is 17.2 Å². The molecule has 0 saturated carbocycles. The van der Waals surface area contributed by atoms with Gasteiger partial charge in [0.15, 0.2) is 0 Å². The summed E-state index contributed by atoms with van der Waals surface area (Å²) in [6, 6.07) is 6.30. The molecule has 0 aliphatic carbocycles. The third-order valence-electron chi connectivity index (χ3n) is 3.99. The summed E-state index contributed by atoms with van der Waals surface area (Å²) in [7, 11) is 0.970. The standard InChI is InChI=1S/C19H13ClF4O4/c1-9-3-4-11(21)7-14(9)27-16-8-15-10(6-13(16)20)5-12(18(25)26-2)17(28-15)19(22,23)24/h3-8,17H,1-2H3. The predicted molar refractivity (Wildman–Crippen MR) is 93.1 cm³/mol. The van der Waals surface area contributed by atoms with Gasteiger partial charge in [0.05, 0.1) is 17.7 Å². The highest BCUT2D eigenvalue weighted by Crippen LogP contribution is 2.43. The number of fused-ring (bicyclic) bond motifs is 1. The summed E-state index contributed by atoms with van der Waals surface area (Å²) in [5.41, 5.74) is 0.0413. The average Bonchev–Trinajstić information content (AvgIpc) is 2.63. The van der Waals surface area contributed by atoms with Crippen LogP contribution in [-0.2, 0) is 9.53 Å². The molecule has 2 aromatic carbocycles. The van der Waals surface area contributed by atoms with Crippen LogP contribution >= 0.6 is 11.6 Å². The smallest absolute Gasteiger partial charge is 0.430 e. The first-order valence-electron chi connectivity index (χ1n) is 7.91. The number of halogens is 5. The highest BCUT2D eigenvalue weighted by Gasteiger charge is 2.48. The van der Waals surface area contributed by atoms with E-state index in [1.807, 2.05) is 0 Å². The van der Waals surface area contributed by atoms with E-state index >= 15 is 0 Å². The molecule has 1 aliphatic heterocycles. The number of methoxy groups -OCH3 is 1. The Labute approximate surface area is 162 Å². The lowest BCUT2D eigenvalue weighted by Crippen LogP contribution is -2.40. The van der Waals surface area contributed by atoms with E-state index in [4.69, 9.17) is 21.1 Å². The average molecular weight is 417 g/mol. The van der Waals surface area contributed by atoms with Crippen LogP contribution in [0.4, 0.5) is 17.6 Å². The van der Waals surface area contributed by atoms with Crippen LogP contribution in [-0.4, -0.2) is 25.4 Å². The Morgan fingerprint density at radius 1 is 1.18 bits per heavy atom. The van der Waals surface area contributed by atoms with E-state index in [-0.39, 0.29) is 27.8 Å². The number of esters is 1. The molecule has 0 spiro atoms. The summed E-state index contributed by atoms with van der Waals surface area (Å²) >= 11 is 6.15. The maximum absolute atomic E-state index is 13.4. The minimum absolute atomic E-state index is 0.0232. The second-order valence-corrected chi connectivity index (χ2v) is 6.37. The van der Waals surface area contributed by atoms with Crippen molar-refractivity contribution in [3.05, 3.63) is 57.9 Å². The molecule has 0 N–H and O–H groups in total. The normalized spacial score (nSPS) is 16.0. The molecule has 1 atom stereocenters. The SMILES string of the molecule is COC(=O)C1=Cc2cc(Cl)c(Oc3cc(F)ccc3C)cc2OC1C(F)(F)F. The summed E-state index contributed by atoms with van der Waals surface area (Å²) in [6.45, 7) is 1.67. The molecule has 1 unspecified atom stereocenters. The molecule has 148 valence electrons. The molecule has 1 heterocycles. The van der Waals surface area contributed by atoms with Gasteiger partial charge >= 0.3 is 12.1 Å². The Bertz CT molecular complexity index is 969. The molecule has 0 radical (unpaired) electrons. The molecule has 1 aliphatic rings. The number of rotatable bonds is 3. The van der Waals surface area contributed by atoms with Gasteiger partial charge in [-0.3, -0.25) is 0 Å². The zero-order chi connectivity index (χ0) is 20.6. The fourth-order valence-corrected chi connectivity index (χ4v) is 2.82. The van der Waals surface area contributed by atoms with Crippen LogP contribution in [0.15, 0.2) is 35.9 Å². The van der Waals surface area contributed by atoms with Crippen molar-refractivity contribution in [3.63, 3.8) is 0 Å². The van der Waals surface area contributed by atoms with E-state index in [0.29, 0.717) is 5.56 Å². The van der Waals surface area contributed by atoms with Gasteiger partial charge in [-0.15, -0.1) is 0 Å². The number of hydrogen-bond acceptors (Lipinski definition) is 4. The molecule has 4 nitrogen and oxygen atoms in total. The third kappa shape index (κ3) is 3.91. The van der Waals surface area contributed by atoms with Crippen molar-refractivity contribution in [2.24, 2.45) is 0 Å². The van der Waals surface area contributed by atoms with Gasteiger partial charge in [0, 0.05) is 17.7 Å². The number of hydrogen-bond donors (Lipinski definition) is 0. The van der Waals surface area contributed by atoms with Crippen molar-refractivity contribution in [1.29, 1.82) is 0 Å². The number of carbonyl (C=O) groups excluding carboxylic acids is 1. The molecule has 0 saturated heterocycles. The summed E-state index contributed by atoms with van der Waals surface area (Å²) < 4.78 is 68.4. The van der Waals surface area contributed by atoms with Crippen molar-refractivity contribution >= 4 is 23.6 Å². The highest BCUT2D eigenvalue weighted by atomic mass is 35.5. The van der Waals surface area contributed by atoms with Crippen molar-refractivity contribution in [2.45, 2.75) is 19.2 Å². The number of aryl methyl sites for hydroxylation is 1. The lowest BCUT2D eigenvalue weighted by atomic mass is 10.0. The van der Waals surface area contributed by atoms with Gasteiger partial charge < -0.3 is 14.2 Å². The van der Waals surface area contributed by atoms with Gasteiger partial charge in [-0.1, -0.05) is 17.7 Å². The highest BCUT2D eigenvalue weighted by molar-refractivity contribution is 6.32. The monoisotopic (exact) mass is 416 g/mol. The first kappa shape index (κ1) is 20.0. The number of ether oxygens (including phenoxy) is 3. The van der Waals surface area contributed by atoms with Gasteiger partial charge in [0.1, 0.15) is 23.1 Å². The van der Waals surface area contributed by atoms with Crippen LogP contribution in [0.5, 0.6) is 17.2 Å². The Hall–Kier alpha value is -2.74.